The van der Waals surface area contributed by atoms with Crippen LogP contribution in [0.1, 0.15) is 61.3 Å². The molecule has 1 aliphatic rings. The Morgan fingerprint density at radius 3 is 2.46 bits per heavy atom. The number of aryl methyl sites for hydroxylation is 1. The molecule has 0 spiro atoms. The van der Waals surface area contributed by atoms with Gasteiger partial charge in [0, 0.05) is 17.3 Å². The van der Waals surface area contributed by atoms with Gasteiger partial charge >= 0.3 is 5.97 Å². The Morgan fingerprint density at radius 2 is 1.83 bits per heavy atom. The minimum Gasteiger partial charge on any atom is -0.452 e. The lowest BCUT2D eigenvalue weighted by molar-refractivity contribution is -0.125. The first-order valence-corrected chi connectivity index (χ1v) is 8.89. The molecule has 2 rings (SSSR count). The van der Waals surface area contributed by atoms with Crippen LogP contribution in [0.2, 0.25) is 0 Å². The predicted molar refractivity (Wildman–Crippen MR) is 93.4 cm³/mol. The van der Waals surface area contributed by atoms with Crippen molar-refractivity contribution < 1.29 is 19.1 Å². The van der Waals surface area contributed by atoms with Gasteiger partial charge in [0.2, 0.25) is 5.91 Å². The largest absolute Gasteiger partial charge is 0.452 e. The molecule has 0 radical (unpaired) electrons. The number of hydrogen-bond donors (Lipinski definition) is 2. The Hall–Kier alpha value is -1.89. The Bertz CT molecular complexity index is 658. The van der Waals surface area contributed by atoms with Crippen molar-refractivity contribution in [2.75, 3.05) is 11.9 Å². The molecule has 24 heavy (non-hydrogen) atoms. The number of fused-ring (bicyclic) bond motifs is 1. The van der Waals surface area contributed by atoms with Crippen LogP contribution in [0.3, 0.4) is 0 Å². The lowest BCUT2D eigenvalue weighted by Gasteiger charge is -2.20. The second kappa shape index (κ2) is 7.34. The molecule has 0 bridgehead atoms. The van der Waals surface area contributed by atoms with Gasteiger partial charge < -0.3 is 15.4 Å². The Balaban J connectivity index is 2.14. The number of esters is 1. The SMILES string of the molecule is CC(=O)Nc1sc2c(c1C(=O)OCC(=O)NC(C)(C)C)CCCC2. The fourth-order valence-electron chi connectivity index (χ4n) is 2.69. The number of amides is 2. The van der Waals surface area contributed by atoms with E-state index < -0.39 is 5.97 Å². The van der Waals surface area contributed by atoms with Crippen LogP contribution in [-0.2, 0) is 27.2 Å². The van der Waals surface area contributed by atoms with E-state index >= 15 is 0 Å². The summed E-state index contributed by atoms with van der Waals surface area (Å²) in [5, 5.41) is 5.98. The molecule has 0 saturated heterocycles. The van der Waals surface area contributed by atoms with E-state index in [2.05, 4.69) is 10.6 Å². The third-order valence-electron chi connectivity index (χ3n) is 3.51. The van der Waals surface area contributed by atoms with Crippen LogP contribution < -0.4 is 10.6 Å². The Labute approximate surface area is 146 Å². The third kappa shape index (κ3) is 4.80. The van der Waals surface area contributed by atoms with Crippen LogP contribution in [0.5, 0.6) is 0 Å². The number of rotatable bonds is 4. The van der Waals surface area contributed by atoms with Crippen molar-refractivity contribution in [3.05, 3.63) is 16.0 Å². The van der Waals surface area contributed by atoms with Crippen LogP contribution in [0, 0.1) is 0 Å². The Kier molecular flexibility index (Phi) is 5.64. The topological polar surface area (TPSA) is 84.5 Å². The van der Waals surface area contributed by atoms with Gasteiger partial charge in [-0.1, -0.05) is 0 Å². The molecule has 0 aliphatic heterocycles. The van der Waals surface area contributed by atoms with E-state index in [9.17, 15) is 14.4 Å². The zero-order chi connectivity index (χ0) is 17.9. The van der Waals surface area contributed by atoms with Crippen LogP contribution in [0.15, 0.2) is 0 Å². The normalized spacial score (nSPS) is 13.8. The first-order valence-electron chi connectivity index (χ1n) is 8.07. The van der Waals surface area contributed by atoms with Gasteiger partial charge in [-0.2, -0.15) is 0 Å². The zero-order valence-electron chi connectivity index (χ0n) is 14.6. The molecule has 7 heteroatoms. The predicted octanol–water partition coefficient (Wildman–Crippen LogP) is 2.66. The van der Waals surface area contributed by atoms with Gasteiger partial charge in [-0.3, -0.25) is 9.59 Å². The van der Waals surface area contributed by atoms with Gasteiger partial charge in [0.1, 0.15) is 5.00 Å². The van der Waals surface area contributed by atoms with E-state index in [0.717, 1.165) is 36.1 Å². The lowest BCUT2D eigenvalue weighted by Crippen LogP contribution is -2.42. The summed E-state index contributed by atoms with van der Waals surface area (Å²) in [6.07, 6.45) is 3.79. The van der Waals surface area contributed by atoms with Crippen molar-refractivity contribution in [1.29, 1.82) is 0 Å². The van der Waals surface area contributed by atoms with E-state index in [4.69, 9.17) is 4.74 Å². The van der Waals surface area contributed by atoms with Gasteiger partial charge in [-0.05, 0) is 52.0 Å². The average Bonchev–Trinajstić information content (AvgIpc) is 2.80. The maximum absolute atomic E-state index is 12.5. The fraction of sp³-hybridized carbons (Fsp3) is 0.588. The van der Waals surface area contributed by atoms with Crippen molar-refractivity contribution >= 4 is 34.1 Å². The maximum atomic E-state index is 12.5. The molecule has 1 heterocycles. The second-order valence-corrected chi connectivity index (χ2v) is 8.08. The number of thiophene rings is 1. The molecular formula is C17H24N2O4S. The number of nitrogens with one attached hydrogen (secondary N) is 2. The summed E-state index contributed by atoms with van der Waals surface area (Å²) in [6.45, 7) is 6.65. The number of carbonyl (C=O) groups is 3. The zero-order valence-corrected chi connectivity index (χ0v) is 15.4. The van der Waals surface area contributed by atoms with E-state index in [0.29, 0.717) is 10.6 Å². The summed E-state index contributed by atoms with van der Waals surface area (Å²) in [6, 6.07) is 0. The van der Waals surface area contributed by atoms with E-state index in [1.54, 1.807) is 0 Å². The average molecular weight is 352 g/mol. The second-order valence-electron chi connectivity index (χ2n) is 6.97. The summed E-state index contributed by atoms with van der Waals surface area (Å²) in [5.41, 5.74) is 0.983. The van der Waals surface area contributed by atoms with Crippen LogP contribution in [0.4, 0.5) is 5.00 Å². The van der Waals surface area contributed by atoms with Crippen LogP contribution >= 0.6 is 11.3 Å². The van der Waals surface area contributed by atoms with Gasteiger partial charge in [0.05, 0.1) is 5.56 Å². The molecule has 0 aromatic carbocycles. The van der Waals surface area contributed by atoms with Gasteiger partial charge in [-0.15, -0.1) is 11.3 Å². The highest BCUT2D eigenvalue weighted by atomic mass is 32.1. The molecule has 2 N–H and O–H groups in total. The van der Waals surface area contributed by atoms with Crippen molar-refractivity contribution in [2.45, 2.75) is 58.9 Å². The minimum absolute atomic E-state index is 0.229. The molecule has 0 atom stereocenters. The van der Waals surface area contributed by atoms with Crippen molar-refractivity contribution in [2.24, 2.45) is 0 Å². The van der Waals surface area contributed by atoms with Crippen molar-refractivity contribution in [3.8, 4) is 0 Å². The lowest BCUT2D eigenvalue weighted by atomic mass is 9.95. The smallest absolute Gasteiger partial charge is 0.341 e. The van der Waals surface area contributed by atoms with Crippen molar-refractivity contribution in [3.63, 3.8) is 0 Å². The molecule has 2 amide bonds. The summed E-state index contributed by atoms with van der Waals surface area (Å²) in [4.78, 5) is 36.9. The number of anilines is 1. The maximum Gasteiger partial charge on any atom is 0.341 e. The Morgan fingerprint density at radius 1 is 1.17 bits per heavy atom. The molecule has 0 fully saturated rings. The highest BCUT2D eigenvalue weighted by Gasteiger charge is 2.27. The molecule has 0 unspecified atom stereocenters. The quantitative estimate of drug-likeness (QED) is 0.816. The summed E-state index contributed by atoms with van der Waals surface area (Å²) in [5.74, 6) is -1.13. The molecule has 1 aromatic rings. The first-order chi connectivity index (χ1) is 11.2. The van der Waals surface area contributed by atoms with E-state index in [1.807, 2.05) is 20.8 Å². The van der Waals surface area contributed by atoms with E-state index in [-0.39, 0.29) is 24.0 Å². The third-order valence-corrected chi connectivity index (χ3v) is 4.72. The van der Waals surface area contributed by atoms with Gasteiger partial charge in [0.25, 0.3) is 5.91 Å². The van der Waals surface area contributed by atoms with E-state index in [1.165, 1.54) is 18.3 Å². The molecule has 6 nitrogen and oxygen atoms in total. The van der Waals surface area contributed by atoms with Crippen LogP contribution in [-0.4, -0.2) is 29.9 Å². The number of carbonyl (C=O) groups excluding carboxylic acids is 3. The molecule has 0 saturated carbocycles. The molecular weight excluding hydrogens is 328 g/mol. The van der Waals surface area contributed by atoms with Crippen LogP contribution in [0.25, 0.3) is 0 Å². The fourth-order valence-corrected chi connectivity index (χ4v) is 4.01. The highest BCUT2D eigenvalue weighted by Crippen LogP contribution is 2.38. The molecule has 132 valence electrons. The molecule has 1 aromatic heterocycles. The van der Waals surface area contributed by atoms with Gasteiger partial charge in [-0.25, -0.2) is 4.79 Å². The van der Waals surface area contributed by atoms with Gasteiger partial charge in [0.15, 0.2) is 6.61 Å². The highest BCUT2D eigenvalue weighted by molar-refractivity contribution is 7.17. The standard InChI is InChI=1S/C17H24N2O4S/c1-10(20)18-15-14(11-7-5-6-8-12(11)24-15)16(22)23-9-13(21)19-17(2,3)4/h5-9H2,1-4H3,(H,18,20)(H,19,21). The summed E-state index contributed by atoms with van der Waals surface area (Å²) in [7, 11) is 0. The van der Waals surface area contributed by atoms with Crippen molar-refractivity contribution in [1.82, 2.24) is 5.32 Å². The summed E-state index contributed by atoms with van der Waals surface area (Å²) < 4.78 is 5.19. The summed E-state index contributed by atoms with van der Waals surface area (Å²) >= 11 is 1.43. The first kappa shape index (κ1) is 18.4. The number of hydrogen-bond acceptors (Lipinski definition) is 5. The minimum atomic E-state index is -0.554. The molecule has 1 aliphatic carbocycles. The number of ether oxygens (including phenoxy) is 1. The monoisotopic (exact) mass is 352 g/mol.